The maximum absolute atomic E-state index is 9.51. The van der Waals surface area contributed by atoms with Crippen LogP contribution in [-0.4, -0.2) is 35.2 Å². The van der Waals surface area contributed by atoms with Crippen molar-refractivity contribution in [2.75, 3.05) is 6.54 Å². The topological polar surface area (TPSA) is 35.8 Å². The quantitative estimate of drug-likeness (QED) is 0.533. The Hall–Kier alpha value is -0.670. The Morgan fingerprint density at radius 1 is 1.50 bits per heavy atom. The molecule has 1 heterocycles. The van der Waals surface area contributed by atoms with E-state index >= 15 is 0 Å². The minimum Gasteiger partial charge on any atom is -0.379 e. The fourth-order valence-electron chi connectivity index (χ4n) is 1.88. The Labute approximate surface area is 98.9 Å². The molecular weight excluding hydrogens is 200 g/mol. The number of rotatable bonds is 7. The summed E-state index contributed by atoms with van der Waals surface area (Å²) in [6, 6.07) is 0. The molecule has 16 heavy (non-hydrogen) atoms. The lowest BCUT2D eigenvalue weighted by Gasteiger charge is -2.23. The lowest BCUT2D eigenvalue weighted by atomic mass is 10.1. The molecule has 0 aromatic rings. The van der Waals surface area contributed by atoms with E-state index in [-0.39, 0.29) is 6.17 Å². The highest BCUT2D eigenvalue weighted by atomic mass is 16.3. The molecule has 0 aliphatic carbocycles. The van der Waals surface area contributed by atoms with Gasteiger partial charge in [-0.25, -0.2) is 4.90 Å². The second-order valence-corrected chi connectivity index (χ2v) is 4.35. The first kappa shape index (κ1) is 13.4. The number of hydrogen-bond acceptors (Lipinski definition) is 3. The van der Waals surface area contributed by atoms with Crippen LogP contribution in [0.15, 0.2) is 17.1 Å². The van der Waals surface area contributed by atoms with E-state index in [0.29, 0.717) is 0 Å². The van der Waals surface area contributed by atoms with Crippen molar-refractivity contribution in [1.82, 2.24) is 4.90 Å². The van der Waals surface area contributed by atoms with Crippen LogP contribution in [0.2, 0.25) is 0 Å². The first-order valence-corrected chi connectivity index (χ1v) is 6.37. The van der Waals surface area contributed by atoms with Gasteiger partial charge in [0.25, 0.3) is 0 Å². The maximum atomic E-state index is 9.51. The van der Waals surface area contributed by atoms with Crippen LogP contribution in [0.5, 0.6) is 0 Å². The SMILES string of the molecule is CCCCCC/C=C/C1N=CCN1C(C)O. The highest BCUT2D eigenvalue weighted by molar-refractivity contribution is 5.62. The fourth-order valence-corrected chi connectivity index (χ4v) is 1.88. The molecule has 0 amide bonds. The number of aliphatic hydroxyl groups excluding tert-OH is 1. The molecular formula is C13H24N2O. The largest absolute Gasteiger partial charge is 0.379 e. The van der Waals surface area contributed by atoms with Gasteiger partial charge in [-0.2, -0.15) is 0 Å². The van der Waals surface area contributed by atoms with Gasteiger partial charge in [-0.1, -0.05) is 32.3 Å². The Bertz CT molecular complexity index is 236. The van der Waals surface area contributed by atoms with Crippen molar-refractivity contribution in [2.45, 2.75) is 58.3 Å². The molecule has 0 bridgehead atoms. The molecule has 1 N–H and O–H groups in total. The molecule has 0 aromatic heterocycles. The smallest absolute Gasteiger partial charge is 0.122 e. The van der Waals surface area contributed by atoms with E-state index in [4.69, 9.17) is 0 Å². The van der Waals surface area contributed by atoms with Crippen LogP contribution in [0, 0.1) is 0 Å². The number of aliphatic imine (C=N–C) groups is 1. The zero-order valence-corrected chi connectivity index (χ0v) is 10.5. The molecule has 0 aromatic carbocycles. The molecule has 0 saturated carbocycles. The highest BCUT2D eigenvalue weighted by Crippen LogP contribution is 2.12. The summed E-state index contributed by atoms with van der Waals surface area (Å²) in [5.74, 6) is 0. The van der Waals surface area contributed by atoms with Gasteiger partial charge in [0.1, 0.15) is 12.4 Å². The van der Waals surface area contributed by atoms with Gasteiger partial charge < -0.3 is 5.11 Å². The predicted molar refractivity (Wildman–Crippen MR) is 68.6 cm³/mol. The van der Waals surface area contributed by atoms with Gasteiger partial charge >= 0.3 is 0 Å². The molecule has 2 atom stereocenters. The van der Waals surface area contributed by atoms with Crippen molar-refractivity contribution >= 4 is 6.21 Å². The molecule has 3 heteroatoms. The van der Waals surface area contributed by atoms with Gasteiger partial charge in [-0.3, -0.25) is 4.99 Å². The van der Waals surface area contributed by atoms with E-state index in [1.54, 1.807) is 6.92 Å². The van der Waals surface area contributed by atoms with Crippen molar-refractivity contribution < 1.29 is 5.11 Å². The number of unbranched alkanes of at least 4 members (excludes halogenated alkanes) is 4. The molecule has 1 aliphatic rings. The van der Waals surface area contributed by atoms with E-state index < -0.39 is 6.23 Å². The lowest BCUT2D eigenvalue weighted by Crippen LogP contribution is -2.36. The zero-order valence-electron chi connectivity index (χ0n) is 10.5. The second kappa shape index (κ2) is 7.58. The summed E-state index contributed by atoms with van der Waals surface area (Å²) < 4.78 is 0. The maximum Gasteiger partial charge on any atom is 0.122 e. The molecule has 3 nitrogen and oxygen atoms in total. The van der Waals surface area contributed by atoms with E-state index in [9.17, 15) is 5.11 Å². The minimum absolute atomic E-state index is 0.0474. The van der Waals surface area contributed by atoms with Gasteiger partial charge in [0.2, 0.25) is 0 Å². The van der Waals surface area contributed by atoms with Crippen LogP contribution in [0.4, 0.5) is 0 Å². The molecule has 2 unspecified atom stereocenters. The lowest BCUT2D eigenvalue weighted by molar-refractivity contribution is 0.0214. The third-order valence-corrected chi connectivity index (χ3v) is 2.90. The second-order valence-electron chi connectivity index (χ2n) is 4.35. The standard InChI is InChI=1S/C13H24N2O/c1-3-4-5-6-7-8-9-13-14-10-11-15(13)12(2)16/h8-10,12-13,16H,3-7,11H2,1-2H3/b9-8+. The molecule has 0 radical (unpaired) electrons. The van der Waals surface area contributed by atoms with Crippen LogP contribution < -0.4 is 0 Å². The van der Waals surface area contributed by atoms with Gasteiger partial charge in [0.05, 0.1) is 0 Å². The normalized spacial score (nSPS) is 23.3. The van der Waals surface area contributed by atoms with Crippen molar-refractivity contribution in [3.8, 4) is 0 Å². The highest BCUT2D eigenvalue weighted by Gasteiger charge is 2.21. The Balaban J connectivity index is 2.20. The molecule has 1 rings (SSSR count). The number of nitrogens with zero attached hydrogens (tertiary/aromatic N) is 2. The summed E-state index contributed by atoms with van der Waals surface area (Å²) in [5.41, 5.74) is 0. The van der Waals surface area contributed by atoms with Gasteiger partial charge in [0.15, 0.2) is 0 Å². The van der Waals surface area contributed by atoms with Gasteiger partial charge in [0, 0.05) is 12.8 Å². The first-order valence-electron chi connectivity index (χ1n) is 6.37. The first-order chi connectivity index (χ1) is 7.75. The molecule has 0 saturated heterocycles. The zero-order chi connectivity index (χ0) is 11.8. The number of hydrogen-bond donors (Lipinski definition) is 1. The number of aliphatic hydroxyl groups is 1. The monoisotopic (exact) mass is 224 g/mol. The van der Waals surface area contributed by atoms with Crippen molar-refractivity contribution in [2.24, 2.45) is 4.99 Å². The van der Waals surface area contributed by atoms with Gasteiger partial charge in [-0.15, -0.1) is 0 Å². The Morgan fingerprint density at radius 3 is 3.00 bits per heavy atom. The summed E-state index contributed by atoms with van der Waals surface area (Å²) in [4.78, 5) is 6.29. The number of allylic oxidation sites excluding steroid dienone is 1. The molecule has 92 valence electrons. The Kier molecular flexibility index (Phi) is 6.34. The van der Waals surface area contributed by atoms with E-state index in [1.807, 2.05) is 11.1 Å². The van der Waals surface area contributed by atoms with Crippen molar-refractivity contribution in [3.05, 3.63) is 12.2 Å². The average molecular weight is 224 g/mol. The summed E-state index contributed by atoms with van der Waals surface area (Å²) in [7, 11) is 0. The van der Waals surface area contributed by atoms with Crippen LogP contribution in [0.3, 0.4) is 0 Å². The summed E-state index contributed by atoms with van der Waals surface area (Å²) >= 11 is 0. The van der Waals surface area contributed by atoms with E-state index in [0.717, 1.165) is 13.0 Å². The molecule has 0 fully saturated rings. The molecule has 1 aliphatic heterocycles. The van der Waals surface area contributed by atoms with Crippen LogP contribution in [0.1, 0.15) is 46.0 Å². The van der Waals surface area contributed by atoms with Crippen molar-refractivity contribution in [3.63, 3.8) is 0 Å². The third kappa shape index (κ3) is 4.45. The van der Waals surface area contributed by atoms with E-state index in [1.165, 1.54) is 25.7 Å². The predicted octanol–water partition coefficient (Wildman–Crippen LogP) is 2.56. The third-order valence-electron chi connectivity index (χ3n) is 2.90. The molecule has 0 spiro atoms. The fraction of sp³-hybridized carbons (Fsp3) is 0.769. The summed E-state index contributed by atoms with van der Waals surface area (Å²) in [5, 5.41) is 9.51. The van der Waals surface area contributed by atoms with Crippen molar-refractivity contribution in [1.29, 1.82) is 0 Å². The van der Waals surface area contributed by atoms with Crippen LogP contribution in [-0.2, 0) is 0 Å². The van der Waals surface area contributed by atoms with Crippen LogP contribution in [0.25, 0.3) is 0 Å². The van der Waals surface area contributed by atoms with Gasteiger partial charge in [-0.05, 0) is 25.8 Å². The summed E-state index contributed by atoms with van der Waals surface area (Å²) in [6.45, 7) is 4.77. The average Bonchev–Trinajstić information content (AvgIpc) is 2.71. The summed E-state index contributed by atoms with van der Waals surface area (Å²) in [6.07, 6.45) is 12.1. The van der Waals surface area contributed by atoms with Crippen LogP contribution >= 0.6 is 0 Å². The van der Waals surface area contributed by atoms with E-state index in [2.05, 4.69) is 24.1 Å². The minimum atomic E-state index is -0.419. The Morgan fingerprint density at radius 2 is 2.31 bits per heavy atom.